The summed E-state index contributed by atoms with van der Waals surface area (Å²) in [4.78, 5) is 29.1. The van der Waals surface area contributed by atoms with Crippen molar-refractivity contribution < 1.29 is 23.6 Å². The van der Waals surface area contributed by atoms with Crippen LogP contribution < -0.4 is 5.32 Å². The van der Waals surface area contributed by atoms with Gasteiger partial charge in [-0.2, -0.15) is 0 Å². The molecule has 0 spiro atoms. The van der Waals surface area contributed by atoms with Gasteiger partial charge in [-0.3, -0.25) is 4.79 Å². The second-order valence-electron chi connectivity index (χ2n) is 5.96. The number of anilines is 1. The zero-order valence-electron chi connectivity index (χ0n) is 14.4. The SMILES string of the molecule is Cc1cc(I)ccc1NC(=O)COC(=O)C1CC(c2cccc(F)c2)=NO1. The number of halogens is 2. The van der Waals surface area contributed by atoms with Crippen LogP contribution in [0.3, 0.4) is 0 Å². The monoisotopic (exact) mass is 482 g/mol. The third kappa shape index (κ3) is 5.03. The maximum Gasteiger partial charge on any atom is 0.351 e. The molecule has 1 unspecified atom stereocenters. The molecule has 8 heteroatoms. The van der Waals surface area contributed by atoms with Gasteiger partial charge >= 0.3 is 5.97 Å². The van der Waals surface area contributed by atoms with E-state index in [-0.39, 0.29) is 6.42 Å². The van der Waals surface area contributed by atoms with Gasteiger partial charge in [0.15, 0.2) is 6.61 Å². The second-order valence-corrected chi connectivity index (χ2v) is 7.21. The molecule has 2 aromatic rings. The Morgan fingerprint density at radius 3 is 2.89 bits per heavy atom. The van der Waals surface area contributed by atoms with Gasteiger partial charge in [0.25, 0.3) is 5.91 Å². The van der Waals surface area contributed by atoms with Gasteiger partial charge in [-0.15, -0.1) is 0 Å². The summed E-state index contributed by atoms with van der Waals surface area (Å²) < 4.78 is 19.3. The van der Waals surface area contributed by atoms with E-state index in [4.69, 9.17) is 9.57 Å². The number of benzene rings is 2. The Morgan fingerprint density at radius 1 is 1.33 bits per heavy atom. The van der Waals surface area contributed by atoms with Crippen LogP contribution in [0.4, 0.5) is 10.1 Å². The fraction of sp³-hybridized carbons (Fsp3) is 0.211. The van der Waals surface area contributed by atoms with Gasteiger partial charge in [-0.1, -0.05) is 17.3 Å². The standard InChI is InChI=1S/C19H16FIN2O4/c1-11-7-14(21)5-6-15(11)22-18(24)10-26-19(25)17-9-16(23-27-17)12-3-2-4-13(20)8-12/h2-8,17H,9-10H2,1H3,(H,22,24). The molecule has 0 aliphatic carbocycles. The maximum atomic E-state index is 13.3. The number of hydrogen-bond acceptors (Lipinski definition) is 5. The number of ether oxygens (including phenoxy) is 1. The number of oxime groups is 1. The van der Waals surface area contributed by atoms with Crippen molar-refractivity contribution in [2.75, 3.05) is 11.9 Å². The van der Waals surface area contributed by atoms with Crippen LogP contribution in [0.25, 0.3) is 0 Å². The number of hydrogen-bond donors (Lipinski definition) is 1. The number of amides is 1. The summed E-state index contributed by atoms with van der Waals surface area (Å²) in [6.45, 7) is 1.45. The van der Waals surface area contributed by atoms with Crippen LogP contribution in [0.2, 0.25) is 0 Å². The van der Waals surface area contributed by atoms with Crippen LogP contribution in [0.1, 0.15) is 17.5 Å². The van der Waals surface area contributed by atoms with Crippen LogP contribution in [-0.4, -0.2) is 30.3 Å². The lowest BCUT2D eigenvalue weighted by Crippen LogP contribution is -2.28. The zero-order valence-corrected chi connectivity index (χ0v) is 16.5. The summed E-state index contributed by atoms with van der Waals surface area (Å²) >= 11 is 2.18. The van der Waals surface area contributed by atoms with E-state index in [1.54, 1.807) is 18.2 Å². The number of rotatable bonds is 5. The molecule has 6 nitrogen and oxygen atoms in total. The summed E-state index contributed by atoms with van der Waals surface area (Å²) in [7, 11) is 0. The Balaban J connectivity index is 1.49. The first-order valence-corrected chi connectivity index (χ1v) is 9.21. The lowest BCUT2D eigenvalue weighted by Gasteiger charge is -2.11. The fourth-order valence-electron chi connectivity index (χ4n) is 2.53. The lowest BCUT2D eigenvalue weighted by atomic mass is 10.1. The minimum atomic E-state index is -0.948. The van der Waals surface area contributed by atoms with Crippen molar-refractivity contribution in [1.29, 1.82) is 0 Å². The molecule has 3 rings (SSSR count). The average Bonchev–Trinajstić information content (AvgIpc) is 3.12. The number of carbonyl (C=O) groups excluding carboxylic acids is 2. The normalized spacial score (nSPS) is 15.7. The van der Waals surface area contributed by atoms with E-state index >= 15 is 0 Å². The van der Waals surface area contributed by atoms with Gasteiger partial charge in [-0.05, 0) is 65.4 Å². The third-order valence-corrected chi connectivity index (χ3v) is 4.57. The van der Waals surface area contributed by atoms with Crippen LogP contribution in [-0.2, 0) is 19.2 Å². The van der Waals surface area contributed by atoms with E-state index in [1.807, 2.05) is 19.1 Å². The van der Waals surface area contributed by atoms with E-state index in [9.17, 15) is 14.0 Å². The molecule has 0 saturated carbocycles. The Labute approximate surface area is 168 Å². The highest BCUT2D eigenvalue weighted by molar-refractivity contribution is 14.1. The van der Waals surface area contributed by atoms with Crippen LogP contribution in [0.5, 0.6) is 0 Å². The van der Waals surface area contributed by atoms with E-state index in [1.165, 1.54) is 12.1 Å². The van der Waals surface area contributed by atoms with Crippen molar-refractivity contribution in [2.24, 2.45) is 5.16 Å². The predicted molar refractivity (Wildman–Crippen MR) is 106 cm³/mol. The van der Waals surface area contributed by atoms with Crippen molar-refractivity contribution in [3.8, 4) is 0 Å². The van der Waals surface area contributed by atoms with Gasteiger partial charge in [0.2, 0.25) is 6.10 Å². The van der Waals surface area contributed by atoms with Gasteiger partial charge in [0.1, 0.15) is 5.82 Å². The van der Waals surface area contributed by atoms with Crippen LogP contribution in [0, 0.1) is 16.3 Å². The molecule has 0 bridgehead atoms. The third-order valence-electron chi connectivity index (χ3n) is 3.90. The average molecular weight is 482 g/mol. The molecular formula is C19H16FIN2O4. The van der Waals surface area contributed by atoms with Crippen molar-refractivity contribution in [3.05, 3.63) is 63.0 Å². The largest absolute Gasteiger partial charge is 0.453 e. The lowest BCUT2D eigenvalue weighted by molar-refractivity contribution is -0.157. The number of nitrogens with one attached hydrogen (secondary N) is 1. The summed E-state index contributed by atoms with van der Waals surface area (Å²) in [6, 6.07) is 11.4. The topological polar surface area (TPSA) is 77.0 Å². The number of carbonyl (C=O) groups is 2. The molecule has 2 aromatic carbocycles. The van der Waals surface area contributed by atoms with Crippen LogP contribution >= 0.6 is 22.6 Å². The molecule has 27 heavy (non-hydrogen) atoms. The number of esters is 1. The van der Waals surface area contributed by atoms with E-state index in [2.05, 4.69) is 33.1 Å². The molecule has 1 amide bonds. The van der Waals surface area contributed by atoms with E-state index < -0.39 is 30.4 Å². The molecule has 1 aliphatic rings. The first kappa shape index (κ1) is 19.3. The smallest absolute Gasteiger partial charge is 0.351 e. The summed E-state index contributed by atoms with van der Waals surface area (Å²) in [5.74, 6) is -1.54. The minimum absolute atomic E-state index is 0.153. The number of nitrogens with zero attached hydrogens (tertiary/aromatic N) is 1. The van der Waals surface area contributed by atoms with Crippen molar-refractivity contribution >= 4 is 45.9 Å². The van der Waals surface area contributed by atoms with Crippen LogP contribution in [0.15, 0.2) is 47.6 Å². The first-order valence-electron chi connectivity index (χ1n) is 8.13. The summed E-state index contributed by atoms with van der Waals surface area (Å²) in [5, 5.41) is 6.51. The molecular weight excluding hydrogens is 466 g/mol. The molecule has 0 fully saturated rings. The second kappa shape index (κ2) is 8.47. The van der Waals surface area contributed by atoms with Crippen molar-refractivity contribution in [3.63, 3.8) is 0 Å². The summed E-state index contributed by atoms with van der Waals surface area (Å²) in [6.07, 6.45) is -0.795. The highest BCUT2D eigenvalue weighted by Gasteiger charge is 2.30. The molecule has 1 heterocycles. The molecule has 1 aliphatic heterocycles. The Morgan fingerprint density at radius 2 is 2.15 bits per heavy atom. The van der Waals surface area contributed by atoms with E-state index in [0.29, 0.717) is 17.0 Å². The van der Waals surface area contributed by atoms with Crippen molar-refractivity contribution in [1.82, 2.24) is 0 Å². The minimum Gasteiger partial charge on any atom is -0.453 e. The van der Waals surface area contributed by atoms with Gasteiger partial charge in [0.05, 0.1) is 5.71 Å². The Kier molecular flexibility index (Phi) is 6.04. The predicted octanol–water partition coefficient (Wildman–Crippen LogP) is 3.41. The van der Waals surface area contributed by atoms with E-state index in [0.717, 1.165) is 9.13 Å². The van der Waals surface area contributed by atoms with Gasteiger partial charge in [-0.25, -0.2) is 9.18 Å². The molecule has 0 radical (unpaired) electrons. The molecule has 1 N–H and O–H groups in total. The first-order chi connectivity index (χ1) is 12.9. The highest BCUT2D eigenvalue weighted by Crippen LogP contribution is 2.19. The molecule has 0 saturated heterocycles. The molecule has 1 atom stereocenters. The quantitative estimate of drug-likeness (QED) is 0.524. The van der Waals surface area contributed by atoms with Crippen molar-refractivity contribution in [2.45, 2.75) is 19.4 Å². The van der Waals surface area contributed by atoms with Gasteiger partial charge < -0.3 is 14.9 Å². The Hall–Kier alpha value is -2.49. The van der Waals surface area contributed by atoms with Gasteiger partial charge in [0, 0.05) is 21.2 Å². The summed E-state index contributed by atoms with van der Waals surface area (Å²) in [5.41, 5.74) is 2.56. The number of aryl methyl sites for hydroxylation is 1. The highest BCUT2D eigenvalue weighted by atomic mass is 127. The molecule has 140 valence electrons. The maximum absolute atomic E-state index is 13.3. The Bertz CT molecular complexity index is 916. The zero-order chi connectivity index (χ0) is 19.4. The fourth-order valence-corrected chi connectivity index (χ4v) is 3.17. The molecule has 0 aromatic heterocycles.